The van der Waals surface area contributed by atoms with Crippen molar-refractivity contribution in [2.75, 3.05) is 5.32 Å². The summed E-state index contributed by atoms with van der Waals surface area (Å²) >= 11 is 0. The lowest BCUT2D eigenvalue weighted by molar-refractivity contribution is -0.131. The number of nitrogens with one attached hydrogen (secondary N) is 2. The maximum Gasteiger partial charge on any atom is 0.246 e. The molecule has 104 valence electrons. The van der Waals surface area contributed by atoms with Crippen LogP contribution in [0.1, 0.15) is 27.7 Å². The Morgan fingerprint density at radius 1 is 1.16 bits per heavy atom. The Hall–Kier alpha value is -1.91. The quantitative estimate of drug-likeness (QED) is 0.882. The second-order valence-corrected chi connectivity index (χ2v) is 5.44. The molecule has 2 amide bonds. The molecule has 19 heavy (non-hydrogen) atoms. The first kappa shape index (κ1) is 15.1. The van der Waals surface area contributed by atoms with E-state index in [2.05, 4.69) is 10.6 Å². The fraction of sp³-hybridized carbons (Fsp3) is 0.429. The second-order valence-electron chi connectivity index (χ2n) is 5.44. The van der Waals surface area contributed by atoms with E-state index in [1.807, 2.05) is 0 Å². The van der Waals surface area contributed by atoms with Crippen LogP contribution in [0.3, 0.4) is 0 Å². The summed E-state index contributed by atoms with van der Waals surface area (Å²) in [5, 5.41) is 5.23. The second kappa shape index (κ2) is 5.82. The van der Waals surface area contributed by atoms with E-state index < -0.39 is 11.5 Å². The van der Waals surface area contributed by atoms with Gasteiger partial charge in [-0.2, -0.15) is 0 Å². The molecule has 0 fully saturated rings. The molecular weight excluding hydrogens is 247 g/mol. The molecule has 4 nitrogen and oxygen atoms in total. The van der Waals surface area contributed by atoms with Crippen molar-refractivity contribution in [3.05, 3.63) is 30.1 Å². The summed E-state index contributed by atoms with van der Waals surface area (Å²) in [6.45, 7) is 6.91. The minimum atomic E-state index is -0.656. The molecule has 0 unspecified atom stereocenters. The number of rotatable bonds is 3. The van der Waals surface area contributed by atoms with Crippen molar-refractivity contribution in [2.24, 2.45) is 5.41 Å². The Balaban J connectivity index is 2.58. The van der Waals surface area contributed by atoms with E-state index in [0.717, 1.165) is 0 Å². The van der Waals surface area contributed by atoms with Crippen molar-refractivity contribution in [1.82, 2.24) is 5.32 Å². The van der Waals surface area contributed by atoms with Crippen molar-refractivity contribution >= 4 is 17.5 Å². The highest BCUT2D eigenvalue weighted by Gasteiger charge is 2.24. The van der Waals surface area contributed by atoms with Gasteiger partial charge in [0.05, 0.1) is 0 Å². The minimum absolute atomic E-state index is 0.200. The molecule has 0 heterocycles. The van der Waals surface area contributed by atoms with Gasteiger partial charge in [-0.25, -0.2) is 4.39 Å². The van der Waals surface area contributed by atoms with Crippen molar-refractivity contribution in [2.45, 2.75) is 33.7 Å². The first-order valence-corrected chi connectivity index (χ1v) is 6.07. The average molecular weight is 266 g/mol. The van der Waals surface area contributed by atoms with E-state index in [-0.39, 0.29) is 17.6 Å². The summed E-state index contributed by atoms with van der Waals surface area (Å²) in [7, 11) is 0. The van der Waals surface area contributed by atoms with Crippen LogP contribution in [0.15, 0.2) is 24.3 Å². The van der Waals surface area contributed by atoms with Gasteiger partial charge in [0.2, 0.25) is 11.8 Å². The highest BCUT2D eigenvalue weighted by Crippen LogP contribution is 2.13. The standard InChI is InChI=1S/C14H19FN2O2/c1-9(16-13(19)14(2,3)4)12(18)17-11-7-5-10(15)6-8-11/h5-9H,1-4H3,(H,16,19)(H,17,18)/t9-/m1/s1. The fourth-order valence-electron chi connectivity index (χ4n) is 1.26. The van der Waals surface area contributed by atoms with Gasteiger partial charge in [-0.3, -0.25) is 9.59 Å². The van der Waals surface area contributed by atoms with Crippen LogP contribution >= 0.6 is 0 Å². The summed E-state index contributed by atoms with van der Waals surface area (Å²) in [5.41, 5.74) is -0.0620. The number of benzene rings is 1. The Kier molecular flexibility index (Phi) is 4.64. The third kappa shape index (κ3) is 4.69. The lowest BCUT2D eigenvalue weighted by Crippen LogP contribution is -2.46. The molecular formula is C14H19FN2O2. The normalized spacial score (nSPS) is 12.7. The van der Waals surface area contributed by atoms with Crippen LogP contribution in [-0.2, 0) is 9.59 Å². The lowest BCUT2D eigenvalue weighted by atomic mass is 9.95. The molecule has 0 aliphatic carbocycles. The van der Waals surface area contributed by atoms with E-state index in [9.17, 15) is 14.0 Å². The number of hydrogen-bond acceptors (Lipinski definition) is 2. The number of amides is 2. The van der Waals surface area contributed by atoms with Gasteiger partial charge in [0.25, 0.3) is 0 Å². The Labute approximate surface area is 112 Å². The number of carbonyl (C=O) groups is 2. The zero-order valence-corrected chi connectivity index (χ0v) is 11.6. The van der Waals surface area contributed by atoms with Crippen LogP contribution in [-0.4, -0.2) is 17.9 Å². The van der Waals surface area contributed by atoms with Gasteiger partial charge in [-0.15, -0.1) is 0 Å². The molecule has 5 heteroatoms. The molecule has 1 aromatic carbocycles. The van der Waals surface area contributed by atoms with Crippen LogP contribution in [0.4, 0.5) is 10.1 Å². The highest BCUT2D eigenvalue weighted by molar-refractivity contribution is 5.97. The van der Waals surface area contributed by atoms with Crippen molar-refractivity contribution in [3.8, 4) is 0 Å². The Morgan fingerprint density at radius 2 is 1.68 bits per heavy atom. The zero-order chi connectivity index (χ0) is 14.6. The van der Waals surface area contributed by atoms with Crippen molar-refractivity contribution in [1.29, 1.82) is 0 Å². The molecule has 1 aromatic rings. The van der Waals surface area contributed by atoms with Crippen LogP contribution in [0, 0.1) is 11.2 Å². The average Bonchev–Trinajstić information content (AvgIpc) is 2.30. The predicted molar refractivity (Wildman–Crippen MR) is 72.1 cm³/mol. The van der Waals surface area contributed by atoms with Crippen LogP contribution in [0.25, 0.3) is 0 Å². The van der Waals surface area contributed by atoms with Gasteiger partial charge in [0.15, 0.2) is 0 Å². The largest absolute Gasteiger partial charge is 0.344 e. The molecule has 1 rings (SSSR count). The van der Waals surface area contributed by atoms with E-state index in [4.69, 9.17) is 0 Å². The molecule has 0 radical (unpaired) electrons. The monoisotopic (exact) mass is 266 g/mol. The summed E-state index contributed by atoms with van der Waals surface area (Å²) in [4.78, 5) is 23.6. The fourth-order valence-corrected chi connectivity index (χ4v) is 1.26. The maximum atomic E-state index is 12.7. The zero-order valence-electron chi connectivity index (χ0n) is 11.6. The van der Waals surface area contributed by atoms with E-state index in [1.54, 1.807) is 27.7 Å². The summed E-state index contributed by atoms with van der Waals surface area (Å²) < 4.78 is 12.7. The topological polar surface area (TPSA) is 58.2 Å². The van der Waals surface area contributed by atoms with E-state index in [0.29, 0.717) is 5.69 Å². The SMILES string of the molecule is C[C@@H](NC(=O)C(C)(C)C)C(=O)Nc1ccc(F)cc1. The predicted octanol–water partition coefficient (Wildman–Crippen LogP) is 2.32. The van der Waals surface area contributed by atoms with Crippen molar-refractivity contribution < 1.29 is 14.0 Å². The molecule has 0 saturated heterocycles. The molecule has 0 aliphatic heterocycles. The lowest BCUT2D eigenvalue weighted by Gasteiger charge is -2.21. The molecule has 0 aromatic heterocycles. The molecule has 0 spiro atoms. The summed E-state index contributed by atoms with van der Waals surface area (Å²) in [5.74, 6) is -0.912. The van der Waals surface area contributed by atoms with Gasteiger partial charge < -0.3 is 10.6 Å². The first-order valence-electron chi connectivity index (χ1n) is 6.07. The van der Waals surface area contributed by atoms with Gasteiger partial charge >= 0.3 is 0 Å². The van der Waals surface area contributed by atoms with E-state index in [1.165, 1.54) is 24.3 Å². The Bertz CT molecular complexity index is 463. The number of carbonyl (C=O) groups excluding carboxylic acids is 2. The van der Waals surface area contributed by atoms with Gasteiger partial charge in [0, 0.05) is 11.1 Å². The first-order chi connectivity index (χ1) is 8.70. The highest BCUT2D eigenvalue weighted by atomic mass is 19.1. The van der Waals surface area contributed by atoms with Crippen LogP contribution in [0.2, 0.25) is 0 Å². The summed E-state index contributed by atoms with van der Waals surface area (Å²) in [6, 6.07) is 4.79. The molecule has 0 aliphatic rings. The third-order valence-electron chi connectivity index (χ3n) is 2.53. The third-order valence-corrected chi connectivity index (χ3v) is 2.53. The van der Waals surface area contributed by atoms with Crippen LogP contribution < -0.4 is 10.6 Å². The molecule has 2 N–H and O–H groups in total. The van der Waals surface area contributed by atoms with Gasteiger partial charge in [-0.1, -0.05) is 20.8 Å². The van der Waals surface area contributed by atoms with Gasteiger partial charge in [-0.05, 0) is 31.2 Å². The molecule has 0 saturated carbocycles. The Morgan fingerprint density at radius 3 is 2.16 bits per heavy atom. The number of hydrogen-bond donors (Lipinski definition) is 2. The van der Waals surface area contributed by atoms with Crippen LogP contribution in [0.5, 0.6) is 0 Å². The smallest absolute Gasteiger partial charge is 0.246 e. The van der Waals surface area contributed by atoms with E-state index >= 15 is 0 Å². The minimum Gasteiger partial charge on any atom is -0.344 e. The van der Waals surface area contributed by atoms with Gasteiger partial charge in [0.1, 0.15) is 11.9 Å². The summed E-state index contributed by atoms with van der Waals surface area (Å²) in [6.07, 6.45) is 0. The van der Waals surface area contributed by atoms with Crippen molar-refractivity contribution in [3.63, 3.8) is 0 Å². The molecule has 1 atom stereocenters. The number of halogens is 1. The number of anilines is 1. The maximum absolute atomic E-state index is 12.7. The molecule has 0 bridgehead atoms.